The lowest BCUT2D eigenvalue weighted by Gasteiger charge is -2.29. The molecular weight excluding hydrogens is 654 g/mol. The molecule has 0 aromatic rings. The van der Waals surface area contributed by atoms with Gasteiger partial charge < -0.3 is 59.7 Å². The molecular formula is C32H61N9O9. The summed E-state index contributed by atoms with van der Waals surface area (Å²) < 4.78 is 0. The van der Waals surface area contributed by atoms with Gasteiger partial charge >= 0.3 is 5.97 Å². The summed E-state index contributed by atoms with van der Waals surface area (Å²) in [6.45, 7) is 7.08. The number of primary amides is 1. The number of carbonyl (C=O) groups is 7. The zero-order valence-electron chi connectivity index (χ0n) is 29.9. The average Bonchev–Trinajstić information content (AvgIpc) is 3.05. The number of unbranched alkanes of at least 4 members (excludes halogenated alkanes) is 2. The van der Waals surface area contributed by atoms with Gasteiger partial charge in [-0.15, -0.1) is 0 Å². The van der Waals surface area contributed by atoms with Gasteiger partial charge in [0.2, 0.25) is 35.4 Å². The fraction of sp³-hybridized carbons (Fsp3) is 0.781. The number of carboxylic acids is 1. The highest BCUT2D eigenvalue weighted by molar-refractivity contribution is 5.96. The van der Waals surface area contributed by atoms with Crippen LogP contribution in [0.5, 0.6) is 0 Å². The fourth-order valence-electron chi connectivity index (χ4n) is 4.92. The Morgan fingerprint density at radius 1 is 0.640 bits per heavy atom. The predicted molar refractivity (Wildman–Crippen MR) is 185 cm³/mol. The van der Waals surface area contributed by atoms with E-state index in [1.165, 1.54) is 0 Å². The van der Waals surface area contributed by atoms with Crippen LogP contribution in [0.2, 0.25) is 0 Å². The molecule has 7 atom stereocenters. The highest BCUT2D eigenvalue weighted by Gasteiger charge is 2.34. The molecule has 0 aromatic heterocycles. The Labute approximate surface area is 294 Å². The summed E-state index contributed by atoms with van der Waals surface area (Å²) >= 11 is 0. The minimum absolute atomic E-state index is 0.142. The molecule has 0 aliphatic rings. The molecule has 0 aromatic carbocycles. The van der Waals surface area contributed by atoms with E-state index in [9.17, 15) is 43.8 Å². The molecule has 0 aliphatic heterocycles. The first-order valence-corrected chi connectivity index (χ1v) is 17.3. The van der Waals surface area contributed by atoms with Crippen LogP contribution in [-0.4, -0.2) is 108 Å². The van der Waals surface area contributed by atoms with E-state index in [1.807, 2.05) is 13.8 Å². The van der Waals surface area contributed by atoms with Crippen LogP contribution in [0.4, 0.5) is 0 Å². The van der Waals surface area contributed by atoms with Crippen molar-refractivity contribution in [1.82, 2.24) is 26.6 Å². The normalized spacial score (nSPS) is 15.4. The van der Waals surface area contributed by atoms with E-state index in [0.29, 0.717) is 51.6 Å². The van der Waals surface area contributed by atoms with Gasteiger partial charge in [0.05, 0.1) is 12.6 Å². The summed E-state index contributed by atoms with van der Waals surface area (Å²) in [5.74, 6) is -6.28. The second-order valence-corrected chi connectivity index (χ2v) is 12.9. The number of carboxylic acid groups (broad SMARTS) is 1. The Morgan fingerprint density at radius 2 is 1.10 bits per heavy atom. The molecule has 15 N–H and O–H groups in total. The SMILES string of the molecule is CC[C@H](C)[C@H](NC(=O)[C@H](CCCCN)NC(=O)[C@H](CCCCN)NC(=O)[C@@H](N)CC(C)C)C(=O)N[C@@H](CO)C(=O)N[C@@H](CCC(N)=O)C(=O)O. The largest absolute Gasteiger partial charge is 0.480 e. The minimum atomic E-state index is -1.60. The van der Waals surface area contributed by atoms with E-state index in [0.717, 1.165) is 0 Å². The standard InChI is InChI=1S/C32H61N9O9/c1-5-19(4)26(31(48)40-24(17-42)30(47)39-23(32(49)50)12-13-25(36)43)41-29(46)22(11-7-9-15-34)38-28(45)21(10-6-8-14-33)37-27(44)20(35)16-18(2)3/h18-24,26,42H,5-17,33-35H2,1-4H3,(H2,36,43)(H,37,44)(H,38,45)(H,39,47)(H,40,48)(H,41,46)(H,49,50)/t19-,20-,21-,22-,23-,24-,26-/m0/s1. The number of nitrogens with two attached hydrogens (primary N) is 4. The van der Waals surface area contributed by atoms with E-state index in [1.54, 1.807) is 13.8 Å². The van der Waals surface area contributed by atoms with Crippen LogP contribution in [0.3, 0.4) is 0 Å². The first-order chi connectivity index (χ1) is 23.5. The van der Waals surface area contributed by atoms with Crippen LogP contribution in [0.1, 0.15) is 91.9 Å². The second-order valence-electron chi connectivity index (χ2n) is 12.9. The summed E-state index contributed by atoms with van der Waals surface area (Å²) in [6, 6.07) is -7.33. The lowest BCUT2D eigenvalue weighted by molar-refractivity contribution is -0.143. The first-order valence-electron chi connectivity index (χ1n) is 17.3. The van der Waals surface area contributed by atoms with Crippen molar-refractivity contribution in [2.45, 2.75) is 128 Å². The molecule has 0 aliphatic carbocycles. The van der Waals surface area contributed by atoms with Crippen molar-refractivity contribution in [3.8, 4) is 0 Å². The van der Waals surface area contributed by atoms with Crippen molar-refractivity contribution in [3.63, 3.8) is 0 Å². The van der Waals surface area contributed by atoms with Gasteiger partial charge in [0.15, 0.2) is 0 Å². The zero-order valence-corrected chi connectivity index (χ0v) is 29.9. The van der Waals surface area contributed by atoms with Crippen LogP contribution in [0.15, 0.2) is 0 Å². The highest BCUT2D eigenvalue weighted by Crippen LogP contribution is 2.12. The number of aliphatic hydroxyl groups is 1. The molecule has 0 fully saturated rings. The molecule has 0 bridgehead atoms. The monoisotopic (exact) mass is 715 g/mol. The summed E-state index contributed by atoms with van der Waals surface area (Å²) in [5.41, 5.74) is 22.4. The van der Waals surface area contributed by atoms with Crippen LogP contribution >= 0.6 is 0 Å². The number of aliphatic hydroxyl groups excluding tert-OH is 1. The zero-order chi connectivity index (χ0) is 38.4. The van der Waals surface area contributed by atoms with E-state index in [2.05, 4.69) is 26.6 Å². The van der Waals surface area contributed by atoms with Crippen molar-refractivity contribution in [3.05, 3.63) is 0 Å². The van der Waals surface area contributed by atoms with E-state index in [-0.39, 0.29) is 31.6 Å². The first kappa shape index (κ1) is 46.1. The Hall–Kier alpha value is -3.87. The maximum atomic E-state index is 13.7. The number of hydrogen-bond acceptors (Lipinski definition) is 11. The third-order valence-electron chi connectivity index (χ3n) is 8.12. The molecule has 0 heterocycles. The van der Waals surface area contributed by atoms with Crippen molar-refractivity contribution in [1.29, 1.82) is 0 Å². The summed E-state index contributed by atoms with van der Waals surface area (Å²) in [4.78, 5) is 89.0. The summed E-state index contributed by atoms with van der Waals surface area (Å²) in [7, 11) is 0. The molecule has 50 heavy (non-hydrogen) atoms. The molecule has 0 radical (unpaired) electrons. The van der Waals surface area contributed by atoms with Gasteiger partial charge in [0.1, 0.15) is 30.2 Å². The van der Waals surface area contributed by atoms with Crippen LogP contribution in [0.25, 0.3) is 0 Å². The number of hydrogen-bond donors (Lipinski definition) is 11. The lowest BCUT2D eigenvalue weighted by atomic mass is 9.97. The lowest BCUT2D eigenvalue weighted by Crippen LogP contribution is -2.61. The van der Waals surface area contributed by atoms with Crippen LogP contribution < -0.4 is 49.5 Å². The molecule has 0 rings (SSSR count). The highest BCUT2D eigenvalue weighted by atomic mass is 16.4. The molecule has 0 saturated heterocycles. The number of rotatable bonds is 27. The van der Waals surface area contributed by atoms with Crippen molar-refractivity contribution in [2.75, 3.05) is 19.7 Å². The molecule has 288 valence electrons. The third-order valence-corrected chi connectivity index (χ3v) is 8.12. The minimum Gasteiger partial charge on any atom is -0.480 e. The number of nitrogens with one attached hydrogen (secondary N) is 5. The van der Waals surface area contributed by atoms with E-state index in [4.69, 9.17) is 22.9 Å². The number of carbonyl (C=O) groups excluding carboxylic acids is 6. The maximum Gasteiger partial charge on any atom is 0.326 e. The molecule has 0 saturated carbocycles. The summed E-state index contributed by atoms with van der Waals surface area (Å²) in [5, 5.41) is 31.8. The molecule has 18 nitrogen and oxygen atoms in total. The molecule has 6 amide bonds. The van der Waals surface area contributed by atoms with Crippen LogP contribution in [0, 0.1) is 11.8 Å². The van der Waals surface area contributed by atoms with E-state index < -0.39 is 90.2 Å². The van der Waals surface area contributed by atoms with Gasteiger partial charge in [0, 0.05) is 6.42 Å². The Balaban J connectivity index is 6.04. The van der Waals surface area contributed by atoms with E-state index >= 15 is 0 Å². The second kappa shape index (κ2) is 25.1. The Kier molecular flexibility index (Phi) is 23.2. The van der Waals surface area contributed by atoms with Gasteiger partial charge in [-0.3, -0.25) is 28.8 Å². The van der Waals surface area contributed by atoms with Gasteiger partial charge in [-0.25, -0.2) is 4.79 Å². The van der Waals surface area contributed by atoms with Crippen molar-refractivity contribution >= 4 is 41.4 Å². The van der Waals surface area contributed by atoms with Gasteiger partial charge in [-0.05, 0) is 76.3 Å². The Bertz CT molecular complexity index is 1110. The number of amides is 6. The Morgan fingerprint density at radius 3 is 1.54 bits per heavy atom. The predicted octanol–water partition coefficient (Wildman–Crippen LogP) is -2.57. The topological polar surface area (TPSA) is 324 Å². The fourth-order valence-corrected chi connectivity index (χ4v) is 4.92. The number of aliphatic carboxylic acids is 1. The quantitative estimate of drug-likeness (QED) is 0.0391. The molecule has 18 heteroatoms. The molecule has 0 unspecified atom stereocenters. The third kappa shape index (κ3) is 18.2. The van der Waals surface area contributed by atoms with Gasteiger partial charge in [-0.1, -0.05) is 34.1 Å². The van der Waals surface area contributed by atoms with Gasteiger partial charge in [0.25, 0.3) is 0 Å². The van der Waals surface area contributed by atoms with Crippen molar-refractivity contribution < 1.29 is 43.8 Å². The van der Waals surface area contributed by atoms with Crippen LogP contribution in [-0.2, 0) is 33.6 Å². The summed E-state index contributed by atoms with van der Waals surface area (Å²) in [6.07, 6.45) is 2.67. The molecule has 0 spiro atoms. The van der Waals surface area contributed by atoms with Crippen molar-refractivity contribution in [2.24, 2.45) is 34.8 Å². The average molecular weight is 716 g/mol. The maximum absolute atomic E-state index is 13.7. The van der Waals surface area contributed by atoms with Gasteiger partial charge in [-0.2, -0.15) is 0 Å². The smallest absolute Gasteiger partial charge is 0.326 e.